The molecule has 19 heavy (non-hydrogen) atoms. The molecule has 4 nitrogen and oxygen atoms in total. The van der Waals surface area contributed by atoms with Crippen LogP contribution in [0.4, 0.5) is 0 Å². The van der Waals surface area contributed by atoms with Crippen LogP contribution in [0.15, 0.2) is 0 Å². The number of hydrogen-bond acceptors (Lipinski definition) is 4. The van der Waals surface area contributed by atoms with Gasteiger partial charge >= 0.3 is 0 Å². The Labute approximate surface area is 119 Å². The van der Waals surface area contributed by atoms with Crippen molar-refractivity contribution >= 4 is 23.5 Å². The molecule has 0 aromatic heterocycles. The zero-order chi connectivity index (χ0) is 14.1. The number of amides is 1. The number of ketones is 1. The fourth-order valence-corrected chi connectivity index (χ4v) is 3.21. The Kier molecular flexibility index (Phi) is 8.14. The van der Waals surface area contributed by atoms with E-state index in [-0.39, 0.29) is 17.8 Å². The zero-order valence-corrected chi connectivity index (χ0v) is 12.6. The monoisotopic (exact) mass is 287 g/mol. The lowest BCUT2D eigenvalue weighted by molar-refractivity contribution is -0.127. The van der Waals surface area contributed by atoms with Crippen LogP contribution >= 0.6 is 11.8 Å². The van der Waals surface area contributed by atoms with Gasteiger partial charge in [0, 0.05) is 31.7 Å². The van der Waals surface area contributed by atoms with Crippen molar-refractivity contribution in [2.45, 2.75) is 50.7 Å². The molecule has 1 unspecified atom stereocenters. The third-order valence-electron chi connectivity index (χ3n) is 3.44. The van der Waals surface area contributed by atoms with Gasteiger partial charge in [-0.2, -0.15) is 0 Å². The van der Waals surface area contributed by atoms with E-state index in [4.69, 9.17) is 5.11 Å². The molecule has 1 saturated heterocycles. The largest absolute Gasteiger partial charge is 0.396 e. The van der Waals surface area contributed by atoms with E-state index in [0.717, 1.165) is 38.8 Å². The van der Waals surface area contributed by atoms with Crippen molar-refractivity contribution in [3.8, 4) is 0 Å². The van der Waals surface area contributed by atoms with E-state index in [0.29, 0.717) is 24.4 Å². The quantitative estimate of drug-likeness (QED) is 0.623. The van der Waals surface area contributed by atoms with Crippen molar-refractivity contribution in [3.63, 3.8) is 0 Å². The molecule has 0 aromatic rings. The Balaban J connectivity index is 2.10. The van der Waals surface area contributed by atoms with E-state index in [1.165, 1.54) is 0 Å². The predicted octanol–water partition coefficient (Wildman–Crippen LogP) is 1.85. The second kappa shape index (κ2) is 9.37. The number of unbranched alkanes of at least 4 members (excludes halogenated alkanes) is 2. The summed E-state index contributed by atoms with van der Waals surface area (Å²) in [5, 5.41) is 8.82. The van der Waals surface area contributed by atoms with Gasteiger partial charge in [0.1, 0.15) is 5.78 Å². The van der Waals surface area contributed by atoms with Crippen molar-refractivity contribution in [1.29, 1.82) is 0 Å². The normalized spacial score (nSPS) is 19.2. The lowest BCUT2D eigenvalue weighted by Gasteiger charge is -2.16. The lowest BCUT2D eigenvalue weighted by Crippen LogP contribution is -2.29. The molecule has 1 fully saturated rings. The van der Waals surface area contributed by atoms with Gasteiger partial charge in [-0.05, 0) is 19.3 Å². The summed E-state index contributed by atoms with van der Waals surface area (Å²) in [4.78, 5) is 25.1. The summed E-state index contributed by atoms with van der Waals surface area (Å²) in [5.41, 5.74) is 0. The van der Waals surface area contributed by atoms with Crippen LogP contribution in [0.1, 0.15) is 45.4 Å². The van der Waals surface area contributed by atoms with Crippen LogP contribution < -0.4 is 0 Å². The Morgan fingerprint density at radius 3 is 2.89 bits per heavy atom. The Bertz CT molecular complexity index is 296. The van der Waals surface area contributed by atoms with Crippen molar-refractivity contribution in [3.05, 3.63) is 0 Å². The maximum atomic E-state index is 12.0. The van der Waals surface area contributed by atoms with Crippen LogP contribution in [0, 0.1) is 0 Å². The van der Waals surface area contributed by atoms with Crippen molar-refractivity contribution < 1.29 is 14.7 Å². The zero-order valence-electron chi connectivity index (χ0n) is 11.8. The average molecular weight is 287 g/mol. The summed E-state index contributed by atoms with van der Waals surface area (Å²) in [7, 11) is 0. The molecule has 0 spiro atoms. The fraction of sp³-hybridized carbons (Fsp3) is 0.857. The van der Waals surface area contributed by atoms with Crippen molar-refractivity contribution in [2.75, 3.05) is 25.4 Å². The highest BCUT2D eigenvalue weighted by molar-refractivity contribution is 8.00. The standard InChI is InChI=1S/C14H25NO3S/c1-2-12(17)6-4-3-5-8-15-9-7-13(14(15)18)19-11-10-16/h13,16H,2-11H2,1H3. The van der Waals surface area contributed by atoms with E-state index in [9.17, 15) is 9.59 Å². The Morgan fingerprint density at radius 2 is 2.21 bits per heavy atom. The van der Waals surface area contributed by atoms with E-state index in [2.05, 4.69) is 0 Å². The van der Waals surface area contributed by atoms with Crippen LogP contribution in [0.25, 0.3) is 0 Å². The van der Waals surface area contributed by atoms with Gasteiger partial charge in [0.15, 0.2) is 0 Å². The first-order valence-electron chi connectivity index (χ1n) is 7.22. The highest BCUT2D eigenvalue weighted by Gasteiger charge is 2.30. The molecule has 1 heterocycles. The van der Waals surface area contributed by atoms with Gasteiger partial charge in [-0.1, -0.05) is 13.3 Å². The average Bonchev–Trinajstić information content (AvgIpc) is 2.77. The molecule has 1 rings (SSSR count). The van der Waals surface area contributed by atoms with Gasteiger partial charge in [-0.15, -0.1) is 11.8 Å². The Morgan fingerprint density at radius 1 is 1.42 bits per heavy atom. The molecule has 0 radical (unpaired) electrons. The number of hydrogen-bond donors (Lipinski definition) is 1. The number of rotatable bonds is 10. The SMILES string of the molecule is CCC(=O)CCCCCN1CCC(SCCO)C1=O. The molecule has 0 saturated carbocycles. The molecule has 0 aromatic carbocycles. The van der Waals surface area contributed by atoms with Crippen LogP contribution in [-0.2, 0) is 9.59 Å². The van der Waals surface area contributed by atoms with Gasteiger partial charge in [0.2, 0.25) is 5.91 Å². The first kappa shape index (κ1) is 16.5. The third-order valence-corrected chi connectivity index (χ3v) is 4.69. The van der Waals surface area contributed by atoms with Gasteiger partial charge < -0.3 is 10.0 Å². The van der Waals surface area contributed by atoms with Crippen LogP contribution in [0.3, 0.4) is 0 Å². The number of aliphatic hydroxyl groups excluding tert-OH is 1. The van der Waals surface area contributed by atoms with Crippen LogP contribution in [-0.4, -0.2) is 52.4 Å². The number of carbonyl (C=O) groups is 2. The number of nitrogens with zero attached hydrogens (tertiary/aromatic N) is 1. The summed E-state index contributed by atoms with van der Waals surface area (Å²) in [6, 6.07) is 0. The molecule has 0 aliphatic carbocycles. The minimum atomic E-state index is 0.0498. The van der Waals surface area contributed by atoms with Crippen molar-refractivity contribution in [2.24, 2.45) is 0 Å². The molecule has 1 aliphatic rings. The molecule has 1 amide bonds. The Hall–Kier alpha value is -0.550. The number of aliphatic hydroxyl groups is 1. The summed E-state index contributed by atoms with van der Waals surface area (Å²) >= 11 is 1.56. The topological polar surface area (TPSA) is 57.6 Å². The number of carbonyl (C=O) groups excluding carboxylic acids is 2. The summed E-state index contributed by atoms with van der Waals surface area (Å²) in [5.74, 6) is 1.20. The van der Waals surface area contributed by atoms with Crippen molar-refractivity contribution in [1.82, 2.24) is 4.90 Å². The van der Waals surface area contributed by atoms with E-state index in [1.54, 1.807) is 11.8 Å². The summed E-state index contributed by atoms with van der Waals surface area (Å²) in [6.45, 7) is 3.69. The second-order valence-corrected chi connectivity index (χ2v) is 6.21. The van der Waals surface area contributed by atoms with Crippen LogP contribution in [0.2, 0.25) is 0 Å². The number of Topliss-reactive ketones (excluding diaryl/α,β-unsaturated/α-hetero) is 1. The molecular weight excluding hydrogens is 262 g/mol. The summed E-state index contributed by atoms with van der Waals surface area (Å²) in [6.07, 6.45) is 5.16. The molecule has 1 atom stereocenters. The third kappa shape index (κ3) is 5.95. The molecule has 0 bridgehead atoms. The smallest absolute Gasteiger partial charge is 0.235 e. The summed E-state index contributed by atoms with van der Waals surface area (Å²) < 4.78 is 0. The predicted molar refractivity (Wildman–Crippen MR) is 78.3 cm³/mol. The second-order valence-electron chi connectivity index (χ2n) is 4.90. The highest BCUT2D eigenvalue weighted by Crippen LogP contribution is 2.24. The first-order valence-corrected chi connectivity index (χ1v) is 8.26. The molecule has 110 valence electrons. The maximum Gasteiger partial charge on any atom is 0.235 e. The van der Waals surface area contributed by atoms with E-state index in [1.807, 2.05) is 11.8 Å². The van der Waals surface area contributed by atoms with Gasteiger partial charge in [-0.25, -0.2) is 0 Å². The fourth-order valence-electron chi connectivity index (χ4n) is 2.26. The van der Waals surface area contributed by atoms with E-state index < -0.39 is 0 Å². The molecular formula is C14H25NO3S. The lowest BCUT2D eigenvalue weighted by atomic mass is 10.1. The first-order chi connectivity index (χ1) is 9.19. The van der Waals surface area contributed by atoms with Gasteiger partial charge in [-0.3, -0.25) is 9.59 Å². The number of likely N-dealkylation sites (tertiary alicyclic amines) is 1. The van der Waals surface area contributed by atoms with Gasteiger partial charge in [0.05, 0.1) is 11.9 Å². The molecule has 1 N–H and O–H groups in total. The minimum Gasteiger partial charge on any atom is -0.396 e. The minimum absolute atomic E-state index is 0.0498. The molecule has 5 heteroatoms. The maximum absolute atomic E-state index is 12.0. The number of thioether (sulfide) groups is 1. The molecule has 1 aliphatic heterocycles. The van der Waals surface area contributed by atoms with E-state index >= 15 is 0 Å². The highest BCUT2D eigenvalue weighted by atomic mass is 32.2. The van der Waals surface area contributed by atoms with Gasteiger partial charge in [0.25, 0.3) is 0 Å². The van der Waals surface area contributed by atoms with Crippen LogP contribution in [0.5, 0.6) is 0 Å².